The van der Waals surface area contributed by atoms with Crippen LogP contribution in [0.2, 0.25) is 0 Å². The summed E-state index contributed by atoms with van der Waals surface area (Å²) in [6.07, 6.45) is 1.28. The highest BCUT2D eigenvalue weighted by Crippen LogP contribution is 2.27. The van der Waals surface area contributed by atoms with E-state index < -0.39 is 23.8 Å². The molecule has 0 aliphatic rings. The molecule has 0 aromatic heterocycles. The fourth-order valence-corrected chi connectivity index (χ4v) is 2.41. The number of carbonyl (C=O) groups is 4. The van der Waals surface area contributed by atoms with Crippen molar-refractivity contribution in [1.82, 2.24) is 0 Å². The quantitative estimate of drug-likeness (QED) is 0.321. The van der Waals surface area contributed by atoms with Gasteiger partial charge in [-0.3, -0.25) is 19.2 Å². The minimum Gasteiger partial charge on any atom is -0.469 e. The van der Waals surface area contributed by atoms with Crippen LogP contribution in [0.3, 0.4) is 0 Å². The van der Waals surface area contributed by atoms with E-state index in [9.17, 15) is 19.2 Å². The highest BCUT2D eigenvalue weighted by molar-refractivity contribution is 5.94. The van der Waals surface area contributed by atoms with Gasteiger partial charge in [0.05, 0.1) is 27.8 Å². The number of ether oxygens (including phenoxy) is 3. The van der Waals surface area contributed by atoms with Gasteiger partial charge in [0, 0.05) is 12.8 Å². The Labute approximate surface area is 143 Å². The molecular formula is C17H28O7. The molecule has 0 saturated carbocycles. The molecule has 138 valence electrons. The first kappa shape index (κ1) is 22.1. The molecule has 24 heavy (non-hydrogen) atoms. The van der Waals surface area contributed by atoms with Gasteiger partial charge in [0.15, 0.2) is 5.92 Å². The van der Waals surface area contributed by atoms with E-state index in [1.807, 2.05) is 13.8 Å². The van der Waals surface area contributed by atoms with Gasteiger partial charge in [-0.25, -0.2) is 0 Å². The number of carbonyl (C=O) groups excluding carboxylic acids is 4. The summed E-state index contributed by atoms with van der Waals surface area (Å²) in [5.41, 5.74) is 0. The Hall–Kier alpha value is -1.92. The lowest BCUT2D eigenvalue weighted by Gasteiger charge is -2.23. The SMILES string of the molecule is COC(=O)CCC(=O)CC[C@H](CC(C(=O)OC)C(=O)OC)C(C)C. The summed E-state index contributed by atoms with van der Waals surface area (Å²) in [6.45, 7) is 3.93. The van der Waals surface area contributed by atoms with E-state index in [1.54, 1.807) is 0 Å². The lowest BCUT2D eigenvalue weighted by molar-refractivity contribution is -0.159. The third-order valence-electron chi connectivity index (χ3n) is 4.08. The highest BCUT2D eigenvalue weighted by atomic mass is 16.5. The summed E-state index contributed by atoms with van der Waals surface area (Å²) in [5.74, 6) is -2.56. The zero-order valence-electron chi connectivity index (χ0n) is 15.1. The molecule has 0 unspecified atom stereocenters. The Balaban J connectivity index is 4.68. The number of methoxy groups -OCH3 is 3. The predicted molar refractivity (Wildman–Crippen MR) is 86.0 cm³/mol. The summed E-state index contributed by atoms with van der Waals surface area (Å²) in [6, 6.07) is 0. The molecule has 0 rings (SSSR count). The monoisotopic (exact) mass is 344 g/mol. The molecule has 0 N–H and O–H groups in total. The van der Waals surface area contributed by atoms with Crippen molar-refractivity contribution in [3.63, 3.8) is 0 Å². The molecule has 0 fully saturated rings. The standard InChI is InChI=1S/C17H28O7/c1-11(2)12(6-7-13(18)8-9-15(19)22-3)10-14(16(20)23-4)17(21)24-5/h11-12,14H,6-10H2,1-5H3/t12-/m1/s1. The van der Waals surface area contributed by atoms with Crippen LogP contribution in [-0.2, 0) is 33.4 Å². The van der Waals surface area contributed by atoms with Gasteiger partial charge in [0.1, 0.15) is 5.78 Å². The first-order chi connectivity index (χ1) is 11.3. The molecule has 0 saturated heterocycles. The number of ketones is 1. The second-order valence-electron chi connectivity index (χ2n) is 5.99. The maximum absolute atomic E-state index is 11.9. The van der Waals surface area contributed by atoms with Crippen LogP contribution in [0, 0.1) is 17.8 Å². The molecule has 0 amide bonds. The molecule has 0 aromatic carbocycles. The van der Waals surface area contributed by atoms with Crippen LogP contribution in [0.5, 0.6) is 0 Å². The Bertz CT molecular complexity index is 426. The number of esters is 3. The van der Waals surface area contributed by atoms with Crippen LogP contribution < -0.4 is 0 Å². The van der Waals surface area contributed by atoms with Gasteiger partial charge in [-0.05, 0) is 24.7 Å². The predicted octanol–water partition coefficient (Wildman–Crippen LogP) is 1.91. The van der Waals surface area contributed by atoms with E-state index in [1.165, 1.54) is 21.3 Å². The van der Waals surface area contributed by atoms with Crippen LogP contribution in [0.15, 0.2) is 0 Å². The third kappa shape index (κ3) is 8.08. The molecule has 0 radical (unpaired) electrons. The fraction of sp³-hybridized carbons (Fsp3) is 0.765. The van der Waals surface area contributed by atoms with E-state index in [2.05, 4.69) is 14.2 Å². The van der Waals surface area contributed by atoms with Crippen molar-refractivity contribution >= 4 is 23.7 Å². The molecule has 7 nitrogen and oxygen atoms in total. The Kier molecular flexibility index (Phi) is 10.7. The van der Waals surface area contributed by atoms with Crippen LogP contribution in [0.25, 0.3) is 0 Å². The average molecular weight is 344 g/mol. The smallest absolute Gasteiger partial charge is 0.320 e. The molecule has 0 aliphatic carbocycles. The zero-order valence-corrected chi connectivity index (χ0v) is 15.1. The molecule has 0 aromatic rings. The Morgan fingerprint density at radius 1 is 0.792 bits per heavy atom. The lowest BCUT2D eigenvalue weighted by Crippen LogP contribution is -2.30. The molecule has 7 heteroatoms. The molecule has 0 aliphatic heterocycles. The largest absolute Gasteiger partial charge is 0.469 e. The maximum atomic E-state index is 11.9. The summed E-state index contributed by atoms with van der Waals surface area (Å²) < 4.78 is 13.8. The maximum Gasteiger partial charge on any atom is 0.320 e. The van der Waals surface area contributed by atoms with Crippen LogP contribution in [0.1, 0.15) is 46.0 Å². The van der Waals surface area contributed by atoms with Crippen molar-refractivity contribution in [1.29, 1.82) is 0 Å². The third-order valence-corrected chi connectivity index (χ3v) is 4.08. The molecule has 1 atom stereocenters. The zero-order chi connectivity index (χ0) is 18.7. The average Bonchev–Trinajstić information content (AvgIpc) is 2.57. The van der Waals surface area contributed by atoms with E-state index in [4.69, 9.17) is 0 Å². The van der Waals surface area contributed by atoms with E-state index in [0.717, 1.165) is 0 Å². The number of hydrogen-bond donors (Lipinski definition) is 0. The molecule has 0 bridgehead atoms. The van der Waals surface area contributed by atoms with Gasteiger partial charge in [-0.15, -0.1) is 0 Å². The summed E-state index contributed by atoms with van der Waals surface area (Å²) >= 11 is 0. The van der Waals surface area contributed by atoms with Gasteiger partial charge >= 0.3 is 17.9 Å². The first-order valence-electron chi connectivity index (χ1n) is 8.00. The Morgan fingerprint density at radius 3 is 1.75 bits per heavy atom. The first-order valence-corrected chi connectivity index (χ1v) is 8.00. The topological polar surface area (TPSA) is 96.0 Å². The number of Topliss-reactive ketones (excluding diaryl/α,β-unsaturated/α-hetero) is 1. The van der Waals surface area contributed by atoms with Crippen molar-refractivity contribution in [2.24, 2.45) is 17.8 Å². The highest BCUT2D eigenvalue weighted by Gasteiger charge is 2.32. The van der Waals surface area contributed by atoms with Gasteiger partial charge in [-0.1, -0.05) is 13.8 Å². The van der Waals surface area contributed by atoms with Gasteiger partial charge in [-0.2, -0.15) is 0 Å². The van der Waals surface area contributed by atoms with E-state index >= 15 is 0 Å². The second kappa shape index (κ2) is 11.6. The Morgan fingerprint density at radius 2 is 1.33 bits per heavy atom. The van der Waals surface area contributed by atoms with Crippen molar-refractivity contribution in [3.8, 4) is 0 Å². The van der Waals surface area contributed by atoms with Gasteiger partial charge in [0.25, 0.3) is 0 Å². The minimum absolute atomic E-state index is 0.0183. The number of rotatable bonds is 11. The summed E-state index contributed by atoms with van der Waals surface area (Å²) in [7, 11) is 3.72. The van der Waals surface area contributed by atoms with Crippen molar-refractivity contribution in [2.45, 2.75) is 46.0 Å². The second-order valence-corrected chi connectivity index (χ2v) is 5.99. The van der Waals surface area contributed by atoms with Crippen LogP contribution >= 0.6 is 0 Å². The lowest BCUT2D eigenvalue weighted by atomic mass is 9.82. The van der Waals surface area contributed by atoms with Gasteiger partial charge in [0.2, 0.25) is 0 Å². The van der Waals surface area contributed by atoms with Crippen molar-refractivity contribution in [2.75, 3.05) is 21.3 Å². The van der Waals surface area contributed by atoms with Crippen molar-refractivity contribution in [3.05, 3.63) is 0 Å². The van der Waals surface area contributed by atoms with E-state index in [-0.39, 0.29) is 43.3 Å². The minimum atomic E-state index is -0.988. The molecule has 0 heterocycles. The number of hydrogen-bond acceptors (Lipinski definition) is 7. The fourth-order valence-electron chi connectivity index (χ4n) is 2.41. The van der Waals surface area contributed by atoms with Crippen LogP contribution in [0.4, 0.5) is 0 Å². The van der Waals surface area contributed by atoms with Crippen molar-refractivity contribution < 1.29 is 33.4 Å². The summed E-state index contributed by atoms with van der Waals surface area (Å²) in [5, 5.41) is 0. The normalized spacial score (nSPS) is 12.0. The molecule has 0 spiro atoms. The van der Waals surface area contributed by atoms with E-state index in [0.29, 0.717) is 6.42 Å². The summed E-state index contributed by atoms with van der Waals surface area (Å²) in [4.78, 5) is 46.5. The van der Waals surface area contributed by atoms with Crippen LogP contribution in [-0.4, -0.2) is 45.0 Å². The molecular weight excluding hydrogens is 316 g/mol. The van der Waals surface area contributed by atoms with Gasteiger partial charge < -0.3 is 14.2 Å².